The van der Waals surface area contributed by atoms with Crippen LogP contribution in [0.4, 0.5) is 0 Å². The lowest BCUT2D eigenvalue weighted by atomic mass is 9.81. The van der Waals surface area contributed by atoms with Crippen LogP contribution in [0.25, 0.3) is 0 Å². The van der Waals surface area contributed by atoms with Gasteiger partial charge in [0.25, 0.3) is 0 Å². The van der Waals surface area contributed by atoms with E-state index in [1.165, 1.54) is 0 Å². The maximum Gasteiger partial charge on any atom is 0.310 e. The highest BCUT2D eigenvalue weighted by Crippen LogP contribution is 2.28. The first kappa shape index (κ1) is 14.5. The van der Waals surface area contributed by atoms with Crippen molar-refractivity contribution in [3.8, 4) is 0 Å². The Morgan fingerprint density at radius 1 is 1.06 bits per heavy atom. The first-order chi connectivity index (χ1) is 8.07. The predicted molar refractivity (Wildman–Crippen MR) is 69.2 cm³/mol. The summed E-state index contributed by atoms with van der Waals surface area (Å²) in [5.74, 6) is -0.638. The van der Waals surface area contributed by atoms with Gasteiger partial charge in [0.15, 0.2) is 0 Å². The van der Waals surface area contributed by atoms with Crippen LogP contribution in [0, 0.1) is 5.41 Å². The first-order valence-electron chi connectivity index (χ1n) is 6.76. The molecule has 1 fully saturated rings. The van der Waals surface area contributed by atoms with Gasteiger partial charge in [-0.3, -0.25) is 9.69 Å². The zero-order chi connectivity index (χ0) is 12.9. The zero-order valence-electron chi connectivity index (χ0n) is 11.4. The van der Waals surface area contributed by atoms with Crippen molar-refractivity contribution in [2.24, 2.45) is 5.41 Å². The van der Waals surface area contributed by atoms with Crippen LogP contribution in [0.3, 0.4) is 0 Å². The van der Waals surface area contributed by atoms with Crippen LogP contribution in [-0.4, -0.2) is 60.1 Å². The molecule has 4 heteroatoms. The molecule has 0 aliphatic carbocycles. The molecule has 0 radical (unpaired) electrons. The summed E-state index contributed by atoms with van der Waals surface area (Å²) in [7, 11) is 0. The molecule has 0 bridgehead atoms. The maximum atomic E-state index is 11.4. The minimum absolute atomic E-state index is 0.547. The fourth-order valence-electron chi connectivity index (χ4n) is 2.54. The largest absolute Gasteiger partial charge is 0.481 e. The smallest absolute Gasteiger partial charge is 0.310 e. The fourth-order valence-corrected chi connectivity index (χ4v) is 2.54. The van der Waals surface area contributed by atoms with Gasteiger partial charge >= 0.3 is 5.97 Å². The molecule has 1 N–H and O–H groups in total. The number of nitrogens with zero attached hydrogens (tertiary/aromatic N) is 2. The molecule has 0 aromatic rings. The van der Waals surface area contributed by atoms with Crippen LogP contribution in [0.5, 0.6) is 0 Å². The maximum absolute atomic E-state index is 11.4. The standard InChI is InChI=1S/C13H26N2O2/c1-4-13(5-2,12(16)17)11-15-9-7-14(6-3)8-10-15/h4-11H2,1-3H3,(H,16,17). The highest BCUT2D eigenvalue weighted by molar-refractivity contribution is 5.74. The molecule has 1 aliphatic heterocycles. The molecular formula is C13H26N2O2. The molecule has 4 nitrogen and oxygen atoms in total. The van der Waals surface area contributed by atoms with E-state index in [1.807, 2.05) is 13.8 Å². The molecule has 0 amide bonds. The summed E-state index contributed by atoms with van der Waals surface area (Å²) in [5.41, 5.74) is -0.547. The van der Waals surface area contributed by atoms with E-state index in [9.17, 15) is 9.90 Å². The molecule has 100 valence electrons. The van der Waals surface area contributed by atoms with E-state index in [1.54, 1.807) is 0 Å². The molecule has 0 aromatic heterocycles. The highest BCUT2D eigenvalue weighted by atomic mass is 16.4. The molecule has 1 saturated heterocycles. The van der Waals surface area contributed by atoms with Crippen LogP contribution in [0.1, 0.15) is 33.6 Å². The van der Waals surface area contributed by atoms with Gasteiger partial charge in [-0.1, -0.05) is 20.8 Å². The molecule has 0 saturated carbocycles. The average Bonchev–Trinajstić information content (AvgIpc) is 2.36. The molecule has 1 aliphatic rings. The Morgan fingerprint density at radius 3 is 1.88 bits per heavy atom. The van der Waals surface area contributed by atoms with E-state index in [4.69, 9.17) is 0 Å². The minimum Gasteiger partial charge on any atom is -0.481 e. The van der Waals surface area contributed by atoms with Crippen LogP contribution in [0.15, 0.2) is 0 Å². The summed E-state index contributed by atoms with van der Waals surface area (Å²) in [4.78, 5) is 16.2. The van der Waals surface area contributed by atoms with Crippen molar-refractivity contribution >= 4 is 5.97 Å². The number of carbonyl (C=O) groups is 1. The summed E-state index contributed by atoms with van der Waals surface area (Å²) in [5, 5.41) is 9.42. The molecule has 0 unspecified atom stereocenters. The lowest BCUT2D eigenvalue weighted by Gasteiger charge is -2.39. The predicted octanol–water partition coefficient (Wildman–Crippen LogP) is 1.51. The Kier molecular flexibility index (Phi) is 5.40. The first-order valence-corrected chi connectivity index (χ1v) is 6.76. The van der Waals surface area contributed by atoms with Crippen LogP contribution in [0.2, 0.25) is 0 Å². The summed E-state index contributed by atoms with van der Waals surface area (Å²) < 4.78 is 0. The molecule has 17 heavy (non-hydrogen) atoms. The summed E-state index contributed by atoms with van der Waals surface area (Å²) in [6, 6.07) is 0. The Morgan fingerprint density at radius 2 is 1.53 bits per heavy atom. The van der Waals surface area contributed by atoms with Gasteiger partial charge in [-0.25, -0.2) is 0 Å². The van der Waals surface area contributed by atoms with Crippen molar-refractivity contribution in [2.75, 3.05) is 39.3 Å². The third-order valence-electron chi connectivity index (χ3n) is 4.25. The molecule has 0 atom stereocenters. The second-order valence-electron chi connectivity index (χ2n) is 5.00. The summed E-state index contributed by atoms with van der Waals surface area (Å²) in [6.45, 7) is 12.1. The van der Waals surface area contributed by atoms with Gasteiger partial charge in [0.05, 0.1) is 5.41 Å². The topological polar surface area (TPSA) is 43.8 Å². The number of likely N-dealkylation sites (N-methyl/N-ethyl adjacent to an activating group) is 1. The summed E-state index contributed by atoms with van der Waals surface area (Å²) in [6.07, 6.45) is 1.43. The number of piperazine rings is 1. The Bertz CT molecular complexity index is 244. The lowest BCUT2D eigenvalue weighted by molar-refractivity contribution is -0.151. The van der Waals surface area contributed by atoms with E-state index in [2.05, 4.69) is 16.7 Å². The van der Waals surface area contributed by atoms with Gasteiger partial charge < -0.3 is 10.0 Å². The van der Waals surface area contributed by atoms with E-state index < -0.39 is 11.4 Å². The van der Waals surface area contributed by atoms with Crippen LogP contribution in [-0.2, 0) is 4.79 Å². The number of hydrogen-bond acceptors (Lipinski definition) is 3. The van der Waals surface area contributed by atoms with Gasteiger partial charge in [0, 0.05) is 32.7 Å². The van der Waals surface area contributed by atoms with Crippen molar-refractivity contribution < 1.29 is 9.90 Å². The SMILES string of the molecule is CCN1CCN(CC(CC)(CC)C(=O)O)CC1. The molecular weight excluding hydrogens is 216 g/mol. The van der Waals surface area contributed by atoms with Crippen LogP contribution >= 0.6 is 0 Å². The van der Waals surface area contributed by atoms with E-state index in [0.29, 0.717) is 19.4 Å². The average molecular weight is 242 g/mol. The third kappa shape index (κ3) is 3.42. The van der Waals surface area contributed by atoms with Gasteiger partial charge in [-0.2, -0.15) is 0 Å². The zero-order valence-corrected chi connectivity index (χ0v) is 11.4. The quantitative estimate of drug-likeness (QED) is 0.767. The molecule has 1 heterocycles. The lowest BCUT2D eigenvalue weighted by Crippen LogP contribution is -2.51. The number of hydrogen-bond donors (Lipinski definition) is 1. The van der Waals surface area contributed by atoms with Gasteiger partial charge in [0.1, 0.15) is 0 Å². The summed E-state index contributed by atoms with van der Waals surface area (Å²) >= 11 is 0. The molecule has 1 rings (SSSR count). The Labute approximate surface area is 105 Å². The Balaban J connectivity index is 2.55. The van der Waals surface area contributed by atoms with Crippen LogP contribution < -0.4 is 0 Å². The van der Waals surface area contributed by atoms with E-state index in [0.717, 1.165) is 32.7 Å². The van der Waals surface area contributed by atoms with E-state index >= 15 is 0 Å². The van der Waals surface area contributed by atoms with Crippen molar-refractivity contribution in [3.05, 3.63) is 0 Å². The van der Waals surface area contributed by atoms with Crippen molar-refractivity contribution in [1.29, 1.82) is 0 Å². The second kappa shape index (κ2) is 6.36. The number of carboxylic acid groups (broad SMARTS) is 1. The van der Waals surface area contributed by atoms with E-state index in [-0.39, 0.29) is 0 Å². The molecule has 0 spiro atoms. The highest BCUT2D eigenvalue weighted by Gasteiger charge is 2.37. The van der Waals surface area contributed by atoms with Crippen molar-refractivity contribution in [2.45, 2.75) is 33.6 Å². The number of aliphatic carboxylic acids is 1. The second-order valence-corrected chi connectivity index (χ2v) is 5.00. The van der Waals surface area contributed by atoms with Crippen molar-refractivity contribution in [3.63, 3.8) is 0 Å². The number of rotatable bonds is 6. The van der Waals surface area contributed by atoms with Gasteiger partial charge in [-0.05, 0) is 19.4 Å². The van der Waals surface area contributed by atoms with Gasteiger partial charge in [-0.15, -0.1) is 0 Å². The van der Waals surface area contributed by atoms with Gasteiger partial charge in [0.2, 0.25) is 0 Å². The minimum atomic E-state index is -0.638. The number of carboxylic acids is 1. The normalized spacial score (nSPS) is 19.5. The third-order valence-corrected chi connectivity index (χ3v) is 4.25. The molecule has 0 aromatic carbocycles. The monoisotopic (exact) mass is 242 g/mol. The van der Waals surface area contributed by atoms with Crippen molar-refractivity contribution in [1.82, 2.24) is 9.80 Å². The fraction of sp³-hybridized carbons (Fsp3) is 0.923. The Hall–Kier alpha value is -0.610.